The minimum absolute atomic E-state index is 0.0294. The molecule has 1 aliphatic rings. The van der Waals surface area contributed by atoms with Crippen molar-refractivity contribution in [3.63, 3.8) is 0 Å². The minimum Gasteiger partial charge on any atom is -0.351 e. The third-order valence-electron chi connectivity index (χ3n) is 3.96. The summed E-state index contributed by atoms with van der Waals surface area (Å²) in [6.07, 6.45) is 4.21. The second-order valence-electron chi connectivity index (χ2n) is 5.60. The summed E-state index contributed by atoms with van der Waals surface area (Å²) in [5.74, 6) is -0.0294. The van der Waals surface area contributed by atoms with Crippen molar-refractivity contribution in [3.8, 4) is 0 Å². The van der Waals surface area contributed by atoms with Gasteiger partial charge in [-0.1, -0.05) is 0 Å². The molecule has 5 nitrogen and oxygen atoms in total. The first-order valence-electron chi connectivity index (χ1n) is 7.53. The van der Waals surface area contributed by atoms with Crippen LogP contribution < -0.4 is 5.32 Å². The maximum Gasteiger partial charge on any atom is 0.217 e. The third kappa shape index (κ3) is 3.69. The van der Waals surface area contributed by atoms with Crippen molar-refractivity contribution in [2.45, 2.75) is 38.9 Å². The Morgan fingerprint density at radius 2 is 2.36 bits per heavy atom. The van der Waals surface area contributed by atoms with Crippen LogP contribution in [0.2, 0.25) is 0 Å². The molecule has 1 fully saturated rings. The third-order valence-corrected chi connectivity index (χ3v) is 4.59. The molecule has 1 amide bonds. The molecule has 0 aromatic carbocycles. The number of amides is 1. The van der Waals surface area contributed by atoms with Crippen molar-refractivity contribution in [1.82, 2.24) is 20.2 Å². The molecule has 0 saturated carbocycles. The van der Waals surface area contributed by atoms with Gasteiger partial charge in [0.05, 0.1) is 23.4 Å². The van der Waals surface area contributed by atoms with Crippen LogP contribution in [-0.4, -0.2) is 27.3 Å². The smallest absolute Gasteiger partial charge is 0.217 e. The Balaban J connectivity index is 1.71. The molecule has 1 N–H and O–H groups in total. The molecule has 0 unspecified atom stereocenters. The first-order valence-corrected chi connectivity index (χ1v) is 8.47. The summed E-state index contributed by atoms with van der Waals surface area (Å²) in [6.45, 7) is 4.02. The van der Waals surface area contributed by atoms with E-state index in [4.69, 9.17) is 0 Å². The van der Waals surface area contributed by atoms with Gasteiger partial charge in [-0.15, -0.1) is 11.3 Å². The summed E-state index contributed by atoms with van der Waals surface area (Å²) in [5, 5.41) is 4.92. The van der Waals surface area contributed by atoms with Crippen molar-refractivity contribution in [2.24, 2.45) is 0 Å². The largest absolute Gasteiger partial charge is 0.351 e. The fraction of sp³-hybridized carbons (Fsp3) is 0.438. The topological polar surface area (TPSA) is 58.1 Å². The van der Waals surface area contributed by atoms with E-state index in [1.54, 1.807) is 11.3 Å². The zero-order chi connectivity index (χ0) is 15.4. The molecule has 2 aromatic heterocycles. The highest BCUT2D eigenvalue weighted by molar-refractivity contribution is 7.07. The number of carbonyl (C=O) groups is 1. The van der Waals surface area contributed by atoms with Crippen molar-refractivity contribution >= 4 is 17.2 Å². The molecule has 2 aromatic rings. The molecule has 0 spiro atoms. The van der Waals surface area contributed by atoms with Gasteiger partial charge in [0.2, 0.25) is 5.91 Å². The standard InChI is InChI=1S/C16H20N4OS/c1-12(21)18-8-14-7-13(4-5-17-14)16-3-2-6-20(16)9-15-10-22-11-19-15/h4-5,7,10-11,16H,2-3,6,8-9H2,1H3,(H,18,21)/t16-/m0/s1. The first-order chi connectivity index (χ1) is 10.7. The lowest BCUT2D eigenvalue weighted by Gasteiger charge is -2.24. The van der Waals surface area contributed by atoms with Gasteiger partial charge in [0.15, 0.2) is 0 Å². The number of thiazole rings is 1. The van der Waals surface area contributed by atoms with E-state index < -0.39 is 0 Å². The van der Waals surface area contributed by atoms with Gasteiger partial charge in [-0.25, -0.2) is 4.98 Å². The van der Waals surface area contributed by atoms with Crippen LogP contribution in [0.15, 0.2) is 29.2 Å². The molecule has 116 valence electrons. The normalized spacial score (nSPS) is 18.5. The van der Waals surface area contributed by atoms with Gasteiger partial charge >= 0.3 is 0 Å². The molecule has 0 aliphatic carbocycles. The minimum atomic E-state index is -0.0294. The highest BCUT2D eigenvalue weighted by Crippen LogP contribution is 2.33. The Bertz CT molecular complexity index is 629. The molecule has 3 heterocycles. The van der Waals surface area contributed by atoms with Crippen LogP contribution in [0.3, 0.4) is 0 Å². The highest BCUT2D eigenvalue weighted by atomic mass is 32.1. The van der Waals surface area contributed by atoms with Gasteiger partial charge in [-0.2, -0.15) is 0 Å². The maximum absolute atomic E-state index is 11.0. The van der Waals surface area contributed by atoms with Crippen molar-refractivity contribution in [1.29, 1.82) is 0 Å². The second-order valence-corrected chi connectivity index (χ2v) is 6.32. The van der Waals surface area contributed by atoms with Gasteiger partial charge < -0.3 is 5.32 Å². The summed E-state index contributed by atoms with van der Waals surface area (Å²) in [5.41, 5.74) is 5.22. The number of rotatable bonds is 5. The van der Waals surface area contributed by atoms with Gasteiger partial charge in [0.1, 0.15) is 0 Å². The van der Waals surface area contributed by atoms with Crippen LogP contribution in [0.1, 0.15) is 42.8 Å². The molecule has 6 heteroatoms. The molecule has 0 bridgehead atoms. The zero-order valence-electron chi connectivity index (χ0n) is 12.7. The summed E-state index contributed by atoms with van der Waals surface area (Å²) >= 11 is 1.64. The fourth-order valence-electron chi connectivity index (χ4n) is 2.93. The number of likely N-dealkylation sites (tertiary alicyclic amines) is 1. The number of nitrogens with one attached hydrogen (secondary N) is 1. The lowest BCUT2D eigenvalue weighted by Crippen LogP contribution is -2.23. The number of aromatic nitrogens is 2. The number of nitrogens with zero attached hydrogens (tertiary/aromatic N) is 3. The predicted molar refractivity (Wildman–Crippen MR) is 86.3 cm³/mol. The molecule has 1 saturated heterocycles. The number of pyridine rings is 1. The summed E-state index contributed by atoms with van der Waals surface area (Å²) in [6, 6.07) is 4.61. The van der Waals surface area contributed by atoms with Gasteiger partial charge in [-0.05, 0) is 37.1 Å². The predicted octanol–water partition coefficient (Wildman–Crippen LogP) is 2.51. The van der Waals surface area contributed by atoms with E-state index in [9.17, 15) is 4.79 Å². The van der Waals surface area contributed by atoms with Crippen LogP contribution >= 0.6 is 11.3 Å². The van der Waals surface area contributed by atoms with Gasteiger partial charge in [-0.3, -0.25) is 14.7 Å². The summed E-state index contributed by atoms with van der Waals surface area (Å²) in [4.78, 5) is 22.2. The van der Waals surface area contributed by atoms with Crippen LogP contribution in [-0.2, 0) is 17.9 Å². The van der Waals surface area contributed by atoms with Gasteiger partial charge in [0.25, 0.3) is 0 Å². The van der Waals surface area contributed by atoms with Crippen molar-refractivity contribution in [2.75, 3.05) is 6.54 Å². The first kappa shape index (κ1) is 15.1. The Kier molecular flexibility index (Phi) is 4.80. The lowest BCUT2D eigenvalue weighted by atomic mass is 10.0. The quantitative estimate of drug-likeness (QED) is 0.921. The highest BCUT2D eigenvalue weighted by Gasteiger charge is 2.26. The zero-order valence-corrected chi connectivity index (χ0v) is 13.5. The molecule has 3 rings (SSSR count). The summed E-state index contributed by atoms with van der Waals surface area (Å²) in [7, 11) is 0. The lowest BCUT2D eigenvalue weighted by molar-refractivity contribution is -0.119. The Labute approximate surface area is 134 Å². The fourth-order valence-corrected chi connectivity index (χ4v) is 3.48. The SMILES string of the molecule is CC(=O)NCc1cc([C@@H]2CCCN2Cc2cscn2)ccn1. The van der Waals surface area contributed by atoms with E-state index in [2.05, 4.69) is 37.7 Å². The van der Waals surface area contributed by atoms with E-state index in [0.717, 1.165) is 30.9 Å². The number of hydrogen-bond donors (Lipinski definition) is 1. The Morgan fingerprint density at radius 3 is 3.14 bits per heavy atom. The van der Waals surface area contributed by atoms with Crippen LogP contribution in [0.5, 0.6) is 0 Å². The Morgan fingerprint density at radius 1 is 1.45 bits per heavy atom. The number of carbonyl (C=O) groups excluding carboxylic acids is 1. The van der Waals surface area contributed by atoms with Crippen LogP contribution in [0.4, 0.5) is 0 Å². The van der Waals surface area contributed by atoms with Crippen molar-refractivity contribution < 1.29 is 4.79 Å². The monoisotopic (exact) mass is 316 g/mol. The molecular formula is C16H20N4OS. The maximum atomic E-state index is 11.0. The molecular weight excluding hydrogens is 296 g/mol. The molecule has 1 aliphatic heterocycles. The molecule has 0 radical (unpaired) electrons. The van der Waals surface area contributed by atoms with E-state index >= 15 is 0 Å². The van der Waals surface area contributed by atoms with E-state index in [1.807, 2.05) is 11.7 Å². The van der Waals surface area contributed by atoms with E-state index in [-0.39, 0.29) is 5.91 Å². The molecule has 1 atom stereocenters. The van der Waals surface area contributed by atoms with E-state index in [0.29, 0.717) is 12.6 Å². The van der Waals surface area contributed by atoms with Crippen LogP contribution in [0.25, 0.3) is 0 Å². The second kappa shape index (κ2) is 6.98. The van der Waals surface area contributed by atoms with Crippen molar-refractivity contribution in [3.05, 3.63) is 46.2 Å². The Hall–Kier alpha value is -1.79. The van der Waals surface area contributed by atoms with Crippen LogP contribution in [0, 0.1) is 0 Å². The summed E-state index contributed by atoms with van der Waals surface area (Å²) < 4.78 is 0. The number of hydrogen-bond acceptors (Lipinski definition) is 5. The average molecular weight is 316 g/mol. The van der Waals surface area contributed by atoms with E-state index in [1.165, 1.54) is 18.9 Å². The average Bonchev–Trinajstić information content (AvgIpc) is 3.18. The van der Waals surface area contributed by atoms with Gasteiger partial charge in [0, 0.05) is 31.1 Å². The molecule has 22 heavy (non-hydrogen) atoms.